The normalized spacial score (nSPS) is 10.2. The van der Waals surface area contributed by atoms with Crippen LogP contribution in [0.5, 0.6) is 5.75 Å². The van der Waals surface area contributed by atoms with Crippen LogP contribution in [0.1, 0.15) is 29.9 Å². The smallest absolute Gasteiger partial charge is 0.319 e. The van der Waals surface area contributed by atoms with E-state index in [-0.39, 0.29) is 11.8 Å². The molecule has 2 rings (SSSR count). The van der Waals surface area contributed by atoms with E-state index in [9.17, 15) is 9.59 Å². The topological polar surface area (TPSA) is 80.3 Å². The molecule has 2 amide bonds. The maximum absolute atomic E-state index is 12.0. The molecule has 6 nitrogen and oxygen atoms in total. The first-order valence-electron chi connectivity index (χ1n) is 7.30. The quantitative estimate of drug-likeness (QED) is 0.763. The van der Waals surface area contributed by atoms with Gasteiger partial charge in [-0.1, -0.05) is 0 Å². The third-order valence-electron chi connectivity index (χ3n) is 3.08. The van der Waals surface area contributed by atoms with Crippen LogP contribution in [0.15, 0.2) is 29.1 Å². The second kappa shape index (κ2) is 8.28. The van der Waals surface area contributed by atoms with Gasteiger partial charge in [0.1, 0.15) is 5.75 Å². The second-order valence-electron chi connectivity index (χ2n) is 4.81. The zero-order chi connectivity index (χ0) is 16.7. The predicted molar refractivity (Wildman–Crippen MR) is 90.5 cm³/mol. The summed E-state index contributed by atoms with van der Waals surface area (Å²) in [4.78, 5) is 27.6. The summed E-state index contributed by atoms with van der Waals surface area (Å²) in [6.45, 7) is 4.29. The summed E-state index contributed by atoms with van der Waals surface area (Å²) < 4.78 is 5.47. The average molecular weight is 333 g/mol. The van der Waals surface area contributed by atoms with Crippen LogP contribution in [0.25, 0.3) is 0 Å². The van der Waals surface area contributed by atoms with Crippen molar-refractivity contribution >= 4 is 28.8 Å². The highest BCUT2D eigenvalue weighted by atomic mass is 32.1. The molecule has 0 atom stereocenters. The number of nitrogens with zero attached hydrogens (tertiary/aromatic N) is 1. The Morgan fingerprint density at radius 2 is 2.17 bits per heavy atom. The molecule has 1 aromatic carbocycles. The third kappa shape index (κ3) is 5.07. The van der Waals surface area contributed by atoms with Crippen LogP contribution in [-0.2, 0) is 6.42 Å². The van der Waals surface area contributed by atoms with Crippen molar-refractivity contribution in [1.82, 2.24) is 10.3 Å². The molecular formula is C16H19N3O3S. The lowest BCUT2D eigenvalue weighted by atomic mass is 10.1. The van der Waals surface area contributed by atoms with Gasteiger partial charge >= 0.3 is 6.03 Å². The van der Waals surface area contributed by atoms with Crippen molar-refractivity contribution in [3.05, 3.63) is 40.3 Å². The SMILES string of the molecule is CCOc1ccc(C(C)=O)cc1NC(=O)NCCc1cscn1. The lowest BCUT2D eigenvalue weighted by Crippen LogP contribution is -2.30. The Balaban J connectivity index is 1.97. The molecule has 2 aromatic rings. The number of amides is 2. The van der Waals surface area contributed by atoms with Crippen molar-refractivity contribution in [2.24, 2.45) is 0 Å². The molecular weight excluding hydrogens is 314 g/mol. The van der Waals surface area contributed by atoms with Crippen molar-refractivity contribution in [2.45, 2.75) is 20.3 Å². The summed E-state index contributed by atoms with van der Waals surface area (Å²) in [6, 6.07) is 4.64. The van der Waals surface area contributed by atoms with Gasteiger partial charge in [0.2, 0.25) is 0 Å². The van der Waals surface area contributed by atoms with Gasteiger partial charge in [-0.25, -0.2) is 9.78 Å². The van der Waals surface area contributed by atoms with Crippen LogP contribution >= 0.6 is 11.3 Å². The fraction of sp³-hybridized carbons (Fsp3) is 0.312. The monoisotopic (exact) mass is 333 g/mol. The van der Waals surface area contributed by atoms with Crippen LogP contribution in [0.3, 0.4) is 0 Å². The number of urea groups is 1. The molecule has 0 fully saturated rings. The minimum atomic E-state index is -0.345. The number of carbonyl (C=O) groups is 2. The number of carbonyl (C=O) groups excluding carboxylic acids is 2. The number of thiazole rings is 1. The second-order valence-corrected chi connectivity index (χ2v) is 5.53. The number of hydrogen-bond donors (Lipinski definition) is 2. The fourth-order valence-electron chi connectivity index (χ4n) is 1.96. The van der Waals surface area contributed by atoms with E-state index in [4.69, 9.17) is 4.74 Å². The van der Waals surface area contributed by atoms with Crippen LogP contribution < -0.4 is 15.4 Å². The lowest BCUT2D eigenvalue weighted by Gasteiger charge is -2.13. The maximum atomic E-state index is 12.0. The number of nitrogens with one attached hydrogen (secondary N) is 2. The first-order chi connectivity index (χ1) is 11.1. The molecule has 0 bridgehead atoms. The molecule has 0 aliphatic heterocycles. The number of aromatic nitrogens is 1. The molecule has 0 radical (unpaired) electrons. The Morgan fingerprint density at radius 3 is 2.83 bits per heavy atom. The van der Waals surface area contributed by atoms with Crippen LogP contribution in [0.4, 0.5) is 10.5 Å². The largest absolute Gasteiger partial charge is 0.492 e. The molecule has 0 saturated carbocycles. The summed E-state index contributed by atoms with van der Waals surface area (Å²) in [5.41, 5.74) is 3.71. The van der Waals surface area contributed by atoms with Gasteiger partial charge in [0.25, 0.3) is 0 Å². The number of ether oxygens (including phenoxy) is 1. The Labute approximate surface area is 138 Å². The number of benzene rings is 1. The van der Waals surface area contributed by atoms with Gasteiger partial charge in [-0.3, -0.25) is 4.79 Å². The number of ketones is 1. The minimum Gasteiger partial charge on any atom is -0.492 e. The molecule has 0 aliphatic carbocycles. The van der Waals surface area contributed by atoms with E-state index in [1.807, 2.05) is 12.3 Å². The highest BCUT2D eigenvalue weighted by Gasteiger charge is 2.10. The zero-order valence-electron chi connectivity index (χ0n) is 13.1. The van der Waals surface area contributed by atoms with Gasteiger partial charge in [-0.15, -0.1) is 11.3 Å². The van der Waals surface area contributed by atoms with Crippen molar-refractivity contribution in [3.63, 3.8) is 0 Å². The van der Waals surface area contributed by atoms with Crippen LogP contribution in [0, 0.1) is 0 Å². The molecule has 1 aromatic heterocycles. The van der Waals surface area contributed by atoms with Crippen molar-refractivity contribution in [1.29, 1.82) is 0 Å². The van der Waals surface area contributed by atoms with E-state index in [1.54, 1.807) is 23.7 Å². The molecule has 0 aliphatic rings. The minimum absolute atomic E-state index is 0.0694. The molecule has 122 valence electrons. The zero-order valence-corrected chi connectivity index (χ0v) is 13.9. The average Bonchev–Trinajstić information content (AvgIpc) is 3.02. The highest BCUT2D eigenvalue weighted by Crippen LogP contribution is 2.26. The third-order valence-corrected chi connectivity index (χ3v) is 3.72. The van der Waals surface area contributed by atoms with Crippen LogP contribution in [0.2, 0.25) is 0 Å². The van der Waals surface area contributed by atoms with Gasteiger partial charge in [0.15, 0.2) is 5.78 Å². The summed E-state index contributed by atoms with van der Waals surface area (Å²) in [5.74, 6) is 0.465. The van der Waals surface area contributed by atoms with E-state index in [0.717, 1.165) is 5.69 Å². The first-order valence-corrected chi connectivity index (χ1v) is 8.24. The summed E-state index contributed by atoms with van der Waals surface area (Å²) in [7, 11) is 0. The molecule has 7 heteroatoms. The van der Waals surface area contributed by atoms with E-state index in [1.165, 1.54) is 18.3 Å². The van der Waals surface area contributed by atoms with Gasteiger partial charge in [0.05, 0.1) is 23.5 Å². The van der Waals surface area contributed by atoms with Gasteiger partial charge < -0.3 is 15.4 Å². The van der Waals surface area contributed by atoms with Crippen molar-refractivity contribution in [3.8, 4) is 5.75 Å². The Hall–Kier alpha value is -2.41. The predicted octanol–water partition coefficient (Wildman–Crippen LogP) is 3.11. The van der Waals surface area contributed by atoms with Gasteiger partial charge in [-0.2, -0.15) is 0 Å². The van der Waals surface area contributed by atoms with Crippen molar-refractivity contribution in [2.75, 3.05) is 18.5 Å². The molecule has 23 heavy (non-hydrogen) atoms. The van der Waals surface area contributed by atoms with E-state index < -0.39 is 0 Å². The lowest BCUT2D eigenvalue weighted by molar-refractivity contribution is 0.101. The number of hydrogen-bond acceptors (Lipinski definition) is 5. The Kier molecular flexibility index (Phi) is 6.10. The Morgan fingerprint density at radius 1 is 1.35 bits per heavy atom. The van der Waals surface area contributed by atoms with Gasteiger partial charge in [0, 0.05) is 23.9 Å². The van der Waals surface area contributed by atoms with E-state index >= 15 is 0 Å². The number of anilines is 1. The maximum Gasteiger partial charge on any atom is 0.319 e. The summed E-state index contributed by atoms with van der Waals surface area (Å²) in [6.07, 6.45) is 0.669. The van der Waals surface area contributed by atoms with E-state index in [0.29, 0.717) is 36.6 Å². The number of rotatable bonds is 7. The van der Waals surface area contributed by atoms with Crippen molar-refractivity contribution < 1.29 is 14.3 Å². The summed E-state index contributed by atoms with van der Waals surface area (Å²) in [5, 5.41) is 7.43. The van der Waals surface area contributed by atoms with Gasteiger partial charge in [-0.05, 0) is 32.0 Å². The summed E-state index contributed by atoms with van der Waals surface area (Å²) >= 11 is 1.52. The highest BCUT2D eigenvalue weighted by molar-refractivity contribution is 7.07. The fourth-order valence-corrected chi connectivity index (χ4v) is 2.55. The first kappa shape index (κ1) is 17.0. The Bertz CT molecular complexity index is 671. The molecule has 0 unspecified atom stereocenters. The standard InChI is InChI=1S/C16H19N3O3S/c1-3-22-15-5-4-12(11(2)20)8-14(15)19-16(21)17-7-6-13-9-23-10-18-13/h4-5,8-10H,3,6-7H2,1-2H3,(H2,17,19,21). The molecule has 0 saturated heterocycles. The number of Topliss-reactive ketones (excluding diaryl/α,β-unsaturated/α-hetero) is 1. The molecule has 1 heterocycles. The van der Waals surface area contributed by atoms with Crippen LogP contribution in [-0.4, -0.2) is 29.9 Å². The van der Waals surface area contributed by atoms with E-state index in [2.05, 4.69) is 15.6 Å². The molecule has 2 N–H and O–H groups in total. The molecule has 0 spiro atoms.